The van der Waals surface area contributed by atoms with Gasteiger partial charge in [-0.1, -0.05) is 6.07 Å². The van der Waals surface area contributed by atoms with Crippen molar-refractivity contribution in [2.75, 3.05) is 0 Å². The quantitative estimate of drug-likeness (QED) is 0.744. The second kappa shape index (κ2) is 3.41. The predicted octanol–water partition coefficient (Wildman–Crippen LogP) is 1.06. The number of imide groups is 2. The Morgan fingerprint density at radius 3 is 2.69 bits per heavy atom. The summed E-state index contributed by atoms with van der Waals surface area (Å²) in [5, 5.41) is 3.96. The minimum Gasteiger partial charge on any atom is -0.275 e. The molecule has 0 unspecified atom stereocenters. The second-order valence-electron chi connectivity index (χ2n) is 3.66. The number of urea groups is 1. The van der Waals surface area contributed by atoms with Crippen molar-refractivity contribution < 1.29 is 14.4 Å². The molecule has 0 bridgehead atoms. The summed E-state index contributed by atoms with van der Waals surface area (Å²) in [6.45, 7) is 2.84. The fourth-order valence-electron chi connectivity index (χ4n) is 1.81. The van der Waals surface area contributed by atoms with Gasteiger partial charge in [-0.25, -0.2) is 9.69 Å². The minimum atomic E-state index is -1.21. The van der Waals surface area contributed by atoms with Gasteiger partial charge in [-0.3, -0.25) is 14.9 Å². The number of nitrogens with zero attached hydrogens (tertiary/aromatic N) is 1. The molecule has 16 heavy (non-hydrogen) atoms. The van der Waals surface area contributed by atoms with Crippen molar-refractivity contribution in [2.24, 2.45) is 0 Å². The normalized spacial score (nSPS) is 24.8. The van der Waals surface area contributed by atoms with Crippen molar-refractivity contribution >= 4 is 29.2 Å². The Balaban J connectivity index is 2.56. The first-order valence-corrected chi connectivity index (χ1v) is 5.56. The summed E-state index contributed by atoms with van der Waals surface area (Å²) >= 11 is 1.34. The van der Waals surface area contributed by atoms with Gasteiger partial charge in [0.05, 0.1) is 0 Å². The van der Waals surface area contributed by atoms with Crippen LogP contribution in [0.15, 0.2) is 17.5 Å². The molecule has 0 aliphatic carbocycles. The summed E-state index contributed by atoms with van der Waals surface area (Å²) in [6, 6.07) is 2.85. The summed E-state index contributed by atoms with van der Waals surface area (Å²) < 4.78 is 0. The van der Waals surface area contributed by atoms with Gasteiger partial charge in [0.2, 0.25) is 5.91 Å². The zero-order valence-corrected chi connectivity index (χ0v) is 9.63. The summed E-state index contributed by atoms with van der Waals surface area (Å²) in [5.41, 5.74) is -1.21. The van der Waals surface area contributed by atoms with E-state index in [0.29, 0.717) is 4.88 Å². The van der Waals surface area contributed by atoms with Crippen LogP contribution in [0.5, 0.6) is 0 Å². The number of hydrogen-bond donors (Lipinski definition) is 1. The van der Waals surface area contributed by atoms with Crippen LogP contribution in [-0.2, 0) is 15.1 Å². The lowest BCUT2D eigenvalue weighted by molar-refractivity contribution is -0.136. The molecule has 2 heterocycles. The summed E-state index contributed by atoms with van der Waals surface area (Å²) in [6.07, 6.45) is 0. The lowest BCUT2D eigenvalue weighted by atomic mass is 9.98. The fraction of sp³-hybridized carbons (Fsp3) is 0.300. The van der Waals surface area contributed by atoms with Gasteiger partial charge in [-0.15, -0.1) is 11.3 Å². The highest BCUT2D eigenvalue weighted by Crippen LogP contribution is 2.35. The Morgan fingerprint density at radius 1 is 1.50 bits per heavy atom. The average Bonchev–Trinajstić information content (AvgIpc) is 2.74. The third kappa shape index (κ3) is 1.26. The van der Waals surface area contributed by atoms with Crippen molar-refractivity contribution in [3.05, 3.63) is 22.4 Å². The monoisotopic (exact) mass is 238 g/mol. The highest BCUT2D eigenvalue weighted by molar-refractivity contribution is 7.10. The van der Waals surface area contributed by atoms with Gasteiger partial charge < -0.3 is 0 Å². The van der Waals surface area contributed by atoms with E-state index in [1.807, 2.05) is 0 Å². The Bertz CT molecular complexity index is 468. The first-order chi connectivity index (χ1) is 7.48. The lowest BCUT2D eigenvalue weighted by Gasteiger charge is -2.27. The van der Waals surface area contributed by atoms with Crippen LogP contribution in [0.3, 0.4) is 0 Å². The van der Waals surface area contributed by atoms with Gasteiger partial charge in [-0.2, -0.15) is 0 Å². The Hall–Kier alpha value is -1.69. The molecule has 84 valence electrons. The molecular weight excluding hydrogens is 228 g/mol. The van der Waals surface area contributed by atoms with Crippen LogP contribution in [0.4, 0.5) is 4.79 Å². The molecule has 1 fully saturated rings. The molecule has 1 aromatic rings. The fourth-order valence-corrected chi connectivity index (χ4v) is 2.69. The van der Waals surface area contributed by atoms with E-state index in [2.05, 4.69) is 5.32 Å². The van der Waals surface area contributed by atoms with Gasteiger partial charge in [0.25, 0.3) is 5.91 Å². The van der Waals surface area contributed by atoms with Crippen LogP contribution >= 0.6 is 11.3 Å². The van der Waals surface area contributed by atoms with Gasteiger partial charge in [0.15, 0.2) is 5.54 Å². The summed E-state index contributed by atoms with van der Waals surface area (Å²) in [4.78, 5) is 36.4. The lowest BCUT2D eigenvalue weighted by Crippen LogP contribution is -2.46. The number of amides is 4. The number of carbonyl (C=O) groups is 3. The van der Waals surface area contributed by atoms with E-state index in [1.165, 1.54) is 18.3 Å². The summed E-state index contributed by atoms with van der Waals surface area (Å²) in [7, 11) is 0. The highest BCUT2D eigenvalue weighted by Gasteiger charge is 2.53. The molecule has 0 aromatic carbocycles. The molecule has 1 aromatic heterocycles. The van der Waals surface area contributed by atoms with E-state index in [-0.39, 0.29) is 0 Å². The number of carbonyl (C=O) groups excluding carboxylic acids is 3. The molecule has 1 saturated heterocycles. The van der Waals surface area contributed by atoms with Crippen LogP contribution in [0.25, 0.3) is 0 Å². The maximum absolute atomic E-state index is 11.8. The van der Waals surface area contributed by atoms with Gasteiger partial charge in [-0.05, 0) is 18.4 Å². The molecule has 1 atom stereocenters. The van der Waals surface area contributed by atoms with Crippen LogP contribution < -0.4 is 5.32 Å². The third-order valence-electron chi connectivity index (χ3n) is 2.63. The van der Waals surface area contributed by atoms with E-state index in [4.69, 9.17) is 0 Å². The van der Waals surface area contributed by atoms with E-state index in [0.717, 1.165) is 4.90 Å². The van der Waals surface area contributed by atoms with Crippen molar-refractivity contribution in [1.29, 1.82) is 0 Å². The predicted molar refractivity (Wildman–Crippen MR) is 57.7 cm³/mol. The number of nitrogens with one attached hydrogen (secondary N) is 1. The van der Waals surface area contributed by atoms with E-state index in [1.54, 1.807) is 24.4 Å². The molecule has 1 aliphatic rings. The van der Waals surface area contributed by atoms with Gasteiger partial charge in [0.1, 0.15) is 0 Å². The number of thiophene rings is 1. The van der Waals surface area contributed by atoms with Gasteiger partial charge in [0, 0.05) is 11.8 Å². The molecule has 0 radical (unpaired) electrons. The van der Waals surface area contributed by atoms with Crippen molar-refractivity contribution in [1.82, 2.24) is 10.2 Å². The van der Waals surface area contributed by atoms with Crippen LogP contribution in [0.1, 0.15) is 18.7 Å². The first-order valence-electron chi connectivity index (χ1n) is 4.68. The smallest absolute Gasteiger partial charge is 0.275 e. The van der Waals surface area contributed by atoms with Gasteiger partial charge >= 0.3 is 6.03 Å². The first kappa shape index (κ1) is 10.8. The highest BCUT2D eigenvalue weighted by atomic mass is 32.1. The molecule has 5 nitrogen and oxygen atoms in total. The Labute approximate surface area is 96.0 Å². The average molecular weight is 238 g/mol. The molecule has 1 N–H and O–H groups in total. The largest absolute Gasteiger partial charge is 0.332 e. The SMILES string of the molecule is CC(=O)N1C(=O)NC(=O)[C@]1(C)c1cccs1. The second-order valence-corrected chi connectivity index (χ2v) is 4.61. The minimum absolute atomic E-state index is 0.445. The molecule has 6 heteroatoms. The van der Waals surface area contributed by atoms with Crippen molar-refractivity contribution in [3.63, 3.8) is 0 Å². The Kier molecular flexibility index (Phi) is 2.31. The number of rotatable bonds is 1. The molecule has 1 aliphatic heterocycles. The van der Waals surface area contributed by atoms with Crippen LogP contribution in [0.2, 0.25) is 0 Å². The molecular formula is C10H10N2O3S. The molecule has 0 saturated carbocycles. The standard InChI is InChI=1S/C10H10N2O3S/c1-6(13)12-9(15)11-8(14)10(12,2)7-4-3-5-16-7/h3-5H,1-2H3,(H,11,14,15)/t10-/m0/s1. The van der Waals surface area contributed by atoms with E-state index < -0.39 is 23.4 Å². The maximum atomic E-state index is 11.8. The van der Waals surface area contributed by atoms with Crippen molar-refractivity contribution in [3.8, 4) is 0 Å². The topological polar surface area (TPSA) is 66.5 Å². The zero-order chi connectivity index (χ0) is 11.9. The maximum Gasteiger partial charge on any atom is 0.332 e. The van der Waals surface area contributed by atoms with E-state index in [9.17, 15) is 14.4 Å². The third-order valence-corrected chi connectivity index (χ3v) is 3.71. The molecule has 0 spiro atoms. The number of hydrogen-bond acceptors (Lipinski definition) is 4. The zero-order valence-electron chi connectivity index (χ0n) is 8.81. The van der Waals surface area contributed by atoms with Crippen LogP contribution in [0, 0.1) is 0 Å². The van der Waals surface area contributed by atoms with Crippen LogP contribution in [-0.4, -0.2) is 22.7 Å². The van der Waals surface area contributed by atoms with E-state index >= 15 is 0 Å². The molecule has 4 amide bonds. The summed E-state index contributed by atoms with van der Waals surface area (Å²) in [5.74, 6) is -0.908. The molecule has 2 rings (SSSR count). The van der Waals surface area contributed by atoms with Crippen molar-refractivity contribution in [2.45, 2.75) is 19.4 Å². The Morgan fingerprint density at radius 2 is 2.19 bits per heavy atom.